The molecule has 0 radical (unpaired) electrons. The lowest BCUT2D eigenvalue weighted by Gasteiger charge is -2.19. The minimum Gasteiger partial charge on any atom is -0.483 e. The summed E-state index contributed by atoms with van der Waals surface area (Å²) >= 11 is 0. The van der Waals surface area contributed by atoms with Gasteiger partial charge in [-0.15, -0.1) is 0 Å². The molecule has 3 aromatic rings. The normalized spacial score (nSPS) is 15.2. The Kier molecular flexibility index (Phi) is 12.1. The molecule has 204 valence electrons. The summed E-state index contributed by atoms with van der Waals surface area (Å²) < 4.78 is 33.2. The van der Waals surface area contributed by atoms with E-state index in [-0.39, 0.29) is 12.6 Å². The molecule has 1 aliphatic rings. The fourth-order valence-corrected chi connectivity index (χ4v) is 5.79. The van der Waals surface area contributed by atoms with Crippen LogP contribution in [0.3, 0.4) is 0 Å². The van der Waals surface area contributed by atoms with Crippen molar-refractivity contribution < 1.29 is 23.1 Å². The molecule has 37 heavy (non-hydrogen) atoms. The van der Waals surface area contributed by atoms with Crippen LogP contribution in [0.1, 0.15) is 38.7 Å². The molecule has 2 heterocycles. The van der Waals surface area contributed by atoms with Crippen LogP contribution in [0.15, 0.2) is 59.6 Å². The number of aromatic nitrogens is 1. The number of nitrogens with zero attached hydrogens (tertiary/aromatic N) is 3. The van der Waals surface area contributed by atoms with E-state index in [2.05, 4.69) is 30.7 Å². The zero-order valence-corrected chi connectivity index (χ0v) is 23.4. The zero-order chi connectivity index (χ0) is 27.4. The Balaban J connectivity index is 0.000000372. The van der Waals surface area contributed by atoms with Crippen molar-refractivity contribution in [3.05, 3.63) is 60.3 Å². The second kappa shape index (κ2) is 14.8. The van der Waals surface area contributed by atoms with Crippen LogP contribution < -0.4 is 4.90 Å². The van der Waals surface area contributed by atoms with Crippen LogP contribution in [-0.2, 0) is 19.6 Å². The summed E-state index contributed by atoms with van der Waals surface area (Å²) in [5, 5.41) is 7.80. The molecule has 0 amide bonds. The quantitative estimate of drug-likeness (QED) is 0.416. The number of carbonyl (C=O) groups is 1. The maximum atomic E-state index is 13.2. The number of ether oxygens (including phenoxy) is 1. The molecule has 1 N–H and O–H groups in total. The highest BCUT2D eigenvalue weighted by molar-refractivity contribution is 7.90. The Labute approximate surface area is 221 Å². The van der Waals surface area contributed by atoms with Gasteiger partial charge < -0.3 is 19.6 Å². The lowest BCUT2D eigenvalue weighted by Crippen LogP contribution is -2.22. The Morgan fingerprint density at radius 3 is 2.38 bits per heavy atom. The van der Waals surface area contributed by atoms with Crippen molar-refractivity contribution in [3.63, 3.8) is 0 Å². The van der Waals surface area contributed by atoms with Gasteiger partial charge in [0.15, 0.2) is 0 Å². The molecule has 4 rings (SSSR count). The van der Waals surface area contributed by atoms with Crippen LogP contribution in [0.5, 0.6) is 0 Å². The first-order valence-corrected chi connectivity index (χ1v) is 14.1. The number of anilines is 1. The summed E-state index contributed by atoms with van der Waals surface area (Å²) in [6.45, 7) is 10.3. The van der Waals surface area contributed by atoms with Gasteiger partial charge in [0.2, 0.25) is 0 Å². The van der Waals surface area contributed by atoms with Gasteiger partial charge in [-0.05, 0) is 82.2 Å². The van der Waals surface area contributed by atoms with Crippen molar-refractivity contribution in [2.45, 2.75) is 51.0 Å². The second-order valence-electron chi connectivity index (χ2n) is 9.18. The van der Waals surface area contributed by atoms with Crippen LogP contribution in [0.25, 0.3) is 10.9 Å². The summed E-state index contributed by atoms with van der Waals surface area (Å²) in [7, 11) is 0.239. The molecule has 0 spiro atoms. The molecular formula is C28H41N3O5S. The second-order valence-corrected chi connectivity index (χ2v) is 11.0. The van der Waals surface area contributed by atoms with Gasteiger partial charge >= 0.3 is 0 Å². The van der Waals surface area contributed by atoms with Gasteiger partial charge in [-0.1, -0.05) is 32.0 Å². The predicted octanol–water partition coefficient (Wildman–Crippen LogP) is 4.85. The maximum Gasteiger partial charge on any atom is 0.290 e. The maximum absolute atomic E-state index is 13.2. The fraction of sp³-hybridized carbons (Fsp3) is 0.464. The molecule has 1 fully saturated rings. The molecule has 8 nitrogen and oxygen atoms in total. The van der Waals surface area contributed by atoms with Gasteiger partial charge in [-0.3, -0.25) is 4.79 Å². The van der Waals surface area contributed by atoms with Crippen molar-refractivity contribution >= 4 is 33.1 Å². The molecule has 0 bridgehead atoms. The number of hydrogen-bond donors (Lipinski definition) is 1. The Morgan fingerprint density at radius 2 is 1.78 bits per heavy atom. The van der Waals surface area contributed by atoms with Crippen LogP contribution in [0.4, 0.5) is 5.69 Å². The van der Waals surface area contributed by atoms with Gasteiger partial charge in [-0.25, -0.2) is 12.4 Å². The van der Waals surface area contributed by atoms with Crippen molar-refractivity contribution in [1.82, 2.24) is 8.87 Å². The SMILES string of the molecule is CCCN(C)CCC.COC1CCN(c2cccc(S(=O)(=O)n3ccc4ccc(C)cc43)c2)C1.O=CO. The molecule has 1 saturated heterocycles. The smallest absolute Gasteiger partial charge is 0.290 e. The standard InChI is InChI=1S/C20H22N2O3S.C7H17N.CH2O2/c1-15-6-7-16-8-11-22(20(16)12-15)26(23,24)19-5-3-4-17(13-19)21-10-9-18(14-21)25-2;1-4-6-8(3)7-5-2;2-1-3/h3-8,11-13,18H,9-10,14H2,1-2H3;4-7H2,1-3H3;1H,(H,2,3). The van der Waals surface area contributed by atoms with E-state index in [1.807, 2.05) is 37.3 Å². The molecule has 1 unspecified atom stereocenters. The average molecular weight is 532 g/mol. The van der Waals surface area contributed by atoms with E-state index in [4.69, 9.17) is 14.6 Å². The number of hydrogen-bond acceptors (Lipinski definition) is 6. The third-order valence-electron chi connectivity index (χ3n) is 6.24. The molecule has 0 aliphatic carbocycles. The van der Waals surface area contributed by atoms with E-state index in [0.29, 0.717) is 10.4 Å². The fourth-order valence-electron chi connectivity index (χ4n) is 4.41. The minimum atomic E-state index is -3.65. The molecule has 0 saturated carbocycles. The molecule has 2 aromatic carbocycles. The lowest BCUT2D eigenvalue weighted by molar-refractivity contribution is -0.122. The summed E-state index contributed by atoms with van der Waals surface area (Å²) in [4.78, 5) is 13.2. The van der Waals surface area contributed by atoms with Gasteiger partial charge in [0.05, 0.1) is 16.5 Å². The number of aryl methyl sites for hydroxylation is 1. The Hall–Kier alpha value is -2.88. The highest BCUT2D eigenvalue weighted by atomic mass is 32.2. The van der Waals surface area contributed by atoms with Gasteiger partial charge in [0.25, 0.3) is 16.5 Å². The van der Waals surface area contributed by atoms with Crippen molar-refractivity contribution in [1.29, 1.82) is 0 Å². The molecule has 9 heteroatoms. The minimum absolute atomic E-state index is 0.201. The summed E-state index contributed by atoms with van der Waals surface area (Å²) in [5.41, 5.74) is 2.65. The molecule has 1 atom stereocenters. The molecule has 1 aromatic heterocycles. The first-order valence-electron chi connectivity index (χ1n) is 12.7. The van der Waals surface area contributed by atoms with Crippen molar-refractivity contribution in [3.8, 4) is 0 Å². The monoisotopic (exact) mass is 531 g/mol. The van der Waals surface area contributed by atoms with Crippen molar-refractivity contribution in [2.75, 3.05) is 45.2 Å². The van der Waals surface area contributed by atoms with Crippen LogP contribution in [0, 0.1) is 6.92 Å². The average Bonchev–Trinajstić information content (AvgIpc) is 3.53. The number of fused-ring (bicyclic) bond motifs is 1. The van der Waals surface area contributed by atoms with E-state index >= 15 is 0 Å². The summed E-state index contributed by atoms with van der Waals surface area (Å²) in [5.74, 6) is 0. The third-order valence-corrected chi connectivity index (χ3v) is 7.93. The topological polar surface area (TPSA) is 92.1 Å². The van der Waals surface area contributed by atoms with E-state index in [1.165, 1.54) is 29.9 Å². The van der Waals surface area contributed by atoms with E-state index in [0.717, 1.165) is 36.1 Å². The molecular weight excluding hydrogens is 490 g/mol. The number of methoxy groups -OCH3 is 1. The highest BCUT2D eigenvalue weighted by Gasteiger charge is 2.24. The van der Waals surface area contributed by atoms with Gasteiger partial charge in [0.1, 0.15) is 0 Å². The first kappa shape index (κ1) is 30.3. The molecule has 1 aliphatic heterocycles. The van der Waals surface area contributed by atoms with Gasteiger partial charge in [-0.2, -0.15) is 0 Å². The van der Waals surface area contributed by atoms with Crippen molar-refractivity contribution in [2.24, 2.45) is 0 Å². The van der Waals surface area contributed by atoms with E-state index in [1.54, 1.807) is 31.5 Å². The predicted molar refractivity (Wildman–Crippen MR) is 150 cm³/mol. The largest absolute Gasteiger partial charge is 0.483 e. The van der Waals surface area contributed by atoms with Crippen LogP contribution in [-0.4, -0.2) is 75.3 Å². The number of rotatable bonds is 8. The summed E-state index contributed by atoms with van der Waals surface area (Å²) in [6.07, 6.45) is 5.33. The first-order chi connectivity index (χ1) is 17.7. The highest BCUT2D eigenvalue weighted by Crippen LogP contribution is 2.27. The van der Waals surface area contributed by atoms with E-state index in [9.17, 15) is 8.42 Å². The number of benzene rings is 2. The zero-order valence-electron chi connectivity index (χ0n) is 22.6. The van der Waals surface area contributed by atoms with Gasteiger partial charge in [0, 0.05) is 37.5 Å². The number of carboxylic acid groups (broad SMARTS) is 1. The van der Waals surface area contributed by atoms with E-state index < -0.39 is 10.0 Å². The lowest BCUT2D eigenvalue weighted by atomic mass is 10.2. The third kappa shape index (κ3) is 8.31. The Bertz CT molecular complexity index is 1220. The van der Waals surface area contributed by atoms with Crippen LogP contribution >= 0.6 is 0 Å². The Morgan fingerprint density at radius 1 is 1.11 bits per heavy atom. The summed E-state index contributed by atoms with van der Waals surface area (Å²) in [6, 6.07) is 14.8. The van der Waals surface area contributed by atoms with Crippen LogP contribution in [0.2, 0.25) is 0 Å².